The molecule has 0 saturated carbocycles. The minimum atomic E-state index is -0.128. The lowest BCUT2D eigenvalue weighted by Crippen LogP contribution is -2.26. The van der Waals surface area contributed by atoms with E-state index in [0.717, 1.165) is 16.9 Å². The summed E-state index contributed by atoms with van der Waals surface area (Å²) >= 11 is 0. The third-order valence-electron chi connectivity index (χ3n) is 2.75. The van der Waals surface area contributed by atoms with Gasteiger partial charge in [0.05, 0.1) is 12.8 Å². The van der Waals surface area contributed by atoms with Gasteiger partial charge in [0.1, 0.15) is 5.75 Å². The highest BCUT2D eigenvalue weighted by atomic mass is 16.5. The molecular weight excluding hydrogens is 266 g/mol. The van der Waals surface area contributed by atoms with Crippen LogP contribution in [0.15, 0.2) is 58.5 Å². The average molecular weight is 283 g/mol. The van der Waals surface area contributed by atoms with Gasteiger partial charge in [-0.3, -0.25) is 0 Å². The zero-order valence-corrected chi connectivity index (χ0v) is 11.7. The molecule has 2 aromatic carbocycles. The van der Waals surface area contributed by atoms with Crippen molar-refractivity contribution in [1.82, 2.24) is 0 Å². The molecule has 2 aromatic rings. The summed E-state index contributed by atoms with van der Waals surface area (Å²) in [4.78, 5) is 7.83. The van der Waals surface area contributed by atoms with Gasteiger partial charge in [-0.1, -0.05) is 30.3 Å². The Kier molecular flexibility index (Phi) is 4.40. The second kappa shape index (κ2) is 6.42. The number of hydrogen-bond donors (Lipinski definition) is 3. The van der Waals surface area contributed by atoms with Crippen molar-refractivity contribution in [3.63, 3.8) is 0 Å². The van der Waals surface area contributed by atoms with Crippen molar-refractivity contribution in [1.29, 1.82) is 0 Å². The molecule has 2 rings (SSSR count). The molecule has 0 aromatic heterocycles. The molecule has 0 aliphatic heterocycles. The van der Waals surface area contributed by atoms with Crippen molar-refractivity contribution >= 4 is 17.6 Å². The highest BCUT2D eigenvalue weighted by molar-refractivity contribution is 5.93. The van der Waals surface area contributed by atoms with E-state index in [1.165, 1.54) is 0 Å². The zero-order chi connectivity index (χ0) is 15.2. The molecule has 6 nitrogen and oxygen atoms in total. The summed E-state index contributed by atoms with van der Waals surface area (Å²) in [5.74, 6) is 0.667. The molecule has 0 fully saturated rings. The van der Waals surface area contributed by atoms with E-state index in [2.05, 4.69) is 9.98 Å². The molecule has 108 valence electrons. The summed E-state index contributed by atoms with van der Waals surface area (Å²) in [6, 6.07) is 15.3. The highest BCUT2D eigenvalue weighted by Gasteiger charge is 2.05. The quantitative estimate of drug-likeness (QED) is 0.586. The zero-order valence-electron chi connectivity index (χ0n) is 11.7. The van der Waals surface area contributed by atoms with Crippen LogP contribution in [0.2, 0.25) is 0 Å². The molecule has 21 heavy (non-hydrogen) atoms. The van der Waals surface area contributed by atoms with Crippen molar-refractivity contribution < 1.29 is 4.74 Å². The van der Waals surface area contributed by atoms with Gasteiger partial charge in [0, 0.05) is 5.56 Å². The minimum Gasteiger partial charge on any atom is -0.496 e. The number of nitrogens with two attached hydrogens (primary N) is 3. The van der Waals surface area contributed by atoms with Gasteiger partial charge in [-0.15, -0.1) is 0 Å². The number of rotatable bonds is 3. The maximum Gasteiger partial charge on any atom is 0.223 e. The molecule has 0 spiro atoms. The van der Waals surface area contributed by atoms with Gasteiger partial charge in [-0.25, -0.2) is 4.99 Å². The van der Waals surface area contributed by atoms with E-state index in [9.17, 15) is 0 Å². The summed E-state index contributed by atoms with van der Waals surface area (Å²) in [7, 11) is 1.64. The lowest BCUT2D eigenvalue weighted by molar-refractivity contribution is 0.416. The Balaban J connectivity index is 2.41. The van der Waals surface area contributed by atoms with Crippen LogP contribution in [0.4, 0.5) is 5.69 Å². The van der Waals surface area contributed by atoms with E-state index in [4.69, 9.17) is 21.9 Å². The fourth-order valence-corrected chi connectivity index (χ4v) is 1.92. The summed E-state index contributed by atoms with van der Waals surface area (Å²) in [6.07, 6.45) is 0. The van der Waals surface area contributed by atoms with Crippen molar-refractivity contribution in [2.75, 3.05) is 7.11 Å². The largest absolute Gasteiger partial charge is 0.496 e. The van der Waals surface area contributed by atoms with Crippen LogP contribution in [-0.4, -0.2) is 19.0 Å². The number of ether oxygens (including phenoxy) is 1. The van der Waals surface area contributed by atoms with E-state index >= 15 is 0 Å². The second-order valence-corrected chi connectivity index (χ2v) is 4.26. The van der Waals surface area contributed by atoms with Crippen LogP contribution in [-0.2, 0) is 0 Å². The van der Waals surface area contributed by atoms with Crippen molar-refractivity contribution in [2.24, 2.45) is 27.2 Å². The topological polar surface area (TPSA) is 112 Å². The van der Waals surface area contributed by atoms with Crippen LogP contribution >= 0.6 is 0 Å². The van der Waals surface area contributed by atoms with Crippen molar-refractivity contribution in [3.8, 4) is 16.9 Å². The molecule has 0 atom stereocenters. The number of guanidine groups is 2. The molecule has 0 saturated heterocycles. The fourth-order valence-electron chi connectivity index (χ4n) is 1.92. The van der Waals surface area contributed by atoms with Gasteiger partial charge in [0.15, 0.2) is 5.96 Å². The Labute approximate surface area is 123 Å². The van der Waals surface area contributed by atoms with Gasteiger partial charge < -0.3 is 21.9 Å². The van der Waals surface area contributed by atoms with Gasteiger partial charge in [0.2, 0.25) is 5.96 Å². The molecular formula is C15H17N5O. The monoisotopic (exact) mass is 283 g/mol. The Morgan fingerprint density at radius 1 is 1.00 bits per heavy atom. The Morgan fingerprint density at radius 2 is 1.76 bits per heavy atom. The number of para-hydroxylation sites is 1. The average Bonchev–Trinajstić information content (AvgIpc) is 2.46. The van der Waals surface area contributed by atoms with Crippen LogP contribution in [0, 0.1) is 0 Å². The van der Waals surface area contributed by atoms with Gasteiger partial charge in [-0.05, 0) is 23.8 Å². The van der Waals surface area contributed by atoms with Crippen LogP contribution in [0.25, 0.3) is 11.1 Å². The van der Waals surface area contributed by atoms with Gasteiger partial charge in [-0.2, -0.15) is 4.99 Å². The van der Waals surface area contributed by atoms with Crippen LogP contribution in [0.3, 0.4) is 0 Å². The SMILES string of the molecule is COc1ccccc1-c1cccc(N=C(N)N=C(N)N)c1. The van der Waals surface area contributed by atoms with Crippen molar-refractivity contribution in [3.05, 3.63) is 48.5 Å². The lowest BCUT2D eigenvalue weighted by Gasteiger charge is -2.08. The molecule has 0 amide bonds. The van der Waals surface area contributed by atoms with Crippen LogP contribution in [0.5, 0.6) is 5.75 Å². The Morgan fingerprint density at radius 3 is 2.48 bits per heavy atom. The molecule has 0 heterocycles. The normalized spacial score (nSPS) is 11.0. The summed E-state index contributed by atoms with van der Waals surface area (Å²) in [6.45, 7) is 0. The molecule has 0 radical (unpaired) electrons. The predicted molar refractivity (Wildman–Crippen MR) is 85.5 cm³/mol. The predicted octanol–water partition coefficient (Wildman–Crippen LogP) is 1.58. The van der Waals surface area contributed by atoms with E-state index in [1.54, 1.807) is 7.11 Å². The molecule has 0 aliphatic rings. The van der Waals surface area contributed by atoms with Crippen LogP contribution in [0.1, 0.15) is 0 Å². The molecule has 6 N–H and O–H groups in total. The third kappa shape index (κ3) is 3.73. The molecule has 0 aliphatic carbocycles. The number of benzene rings is 2. The van der Waals surface area contributed by atoms with E-state index in [-0.39, 0.29) is 11.9 Å². The highest BCUT2D eigenvalue weighted by Crippen LogP contribution is 2.31. The first-order valence-electron chi connectivity index (χ1n) is 6.27. The molecule has 6 heteroatoms. The van der Waals surface area contributed by atoms with E-state index in [0.29, 0.717) is 5.69 Å². The number of methoxy groups -OCH3 is 1. The summed E-state index contributed by atoms with van der Waals surface area (Å²) in [5.41, 5.74) is 18.7. The minimum absolute atomic E-state index is 0.00665. The maximum atomic E-state index is 5.63. The molecule has 0 unspecified atom stereocenters. The van der Waals surface area contributed by atoms with Gasteiger partial charge in [0.25, 0.3) is 0 Å². The van der Waals surface area contributed by atoms with E-state index in [1.807, 2.05) is 48.5 Å². The Hall–Kier alpha value is -3.02. The van der Waals surface area contributed by atoms with Crippen LogP contribution < -0.4 is 21.9 Å². The second-order valence-electron chi connectivity index (χ2n) is 4.26. The van der Waals surface area contributed by atoms with E-state index < -0.39 is 0 Å². The smallest absolute Gasteiger partial charge is 0.223 e. The lowest BCUT2D eigenvalue weighted by atomic mass is 10.0. The number of aliphatic imine (C=N–C) groups is 2. The maximum absolute atomic E-state index is 5.63. The summed E-state index contributed by atoms with van der Waals surface area (Å²) in [5, 5.41) is 0. The Bertz CT molecular complexity index is 690. The number of nitrogens with zero attached hydrogens (tertiary/aromatic N) is 2. The first-order chi connectivity index (χ1) is 10.1. The fraction of sp³-hybridized carbons (Fsp3) is 0.0667. The first-order valence-corrected chi connectivity index (χ1v) is 6.27. The first kappa shape index (κ1) is 14.4. The molecule has 0 bridgehead atoms. The van der Waals surface area contributed by atoms with Gasteiger partial charge >= 0.3 is 0 Å². The third-order valence-corrected chi connectivity index (χ3v) is 2.75. The standard InChI is InChI=1S/C15H17N5O/c1-21-13-8-3-2-7-12(13)10-5-4-6-11(9-10)19-15(18)20-14(16)17/h2-9H,1H3,(H6,16,17,18,19,20). The number of hydrogen-bond acceptors (Lipinski definition) is 2. The van der Waals surface area contributed by atoms with Crippen molar-refractivity contribution in [2.45, 2.75) is 0 Å². The summed E-state index contributed by atoms with van der Waals surface area (Å²) < 4.78 is 5.36.